The molecule has 16 heavy (non-hydrogen) atoms. The number of nitrogens with zero attached hydrogens (tertiary/aromatic N) is 2. The summed E-state index contributed by atoms with van der Waals surface area (Å²) < 4.78 is -1.66. The van der Waals surface area contributed by atoms with Crippen molar-refractivity contribution in [2.75, 3.05) is 5.23 Å². The lowest BCUT2D eigenvalue weighted by molar-refractivity contribution is 0.296. The Kier molecular flexibility index (Phi) is 2.90. The van der Waals surface area contributed by atoms with Gasteiger partial charge in [0.05, 0.1) is 16.7 Å². The highest BCUT2D eigenvalue weighted by Crippen LogP contribution is 2.37. The molecule has 1 aromatic heterocycles. The van der Waals surface area contributed by atoms with Gasteiger partial charge in [0.2, 0.25) is 3.79 Å². The molecule has 0 spiro atoms. The highest BCUT2D eigenvalue weighted by atomic mass is 35.6. The molecule has 0 aliphatic rings. The zero-order valence-corrected chi connectivity index (χ0v) is 9.88. The molecule has 2 N–H and O–H groups in total. The topological polar surface area (TPSA) is 75.2 Å². The number of imidazole rings is 1. The van der Waals surface area contributed by atoms with Crippen LogP contribution in [0.2, 0.25) is 0 Å². The monoisotopic (exact) mass is 280 g/mol. The van der Waals surface area contributed by atoms with Crippen LogP contribution in [0.1, 0.15) is 5.82 Å². The van der Waals surface area contributed by atoms with Gasteiger partial charge in [-0.1, -0.05) is 34.8 Å². The quantitative estimate of drug-likeness (QED) is 0.622. The summed E-state index contributed by atoms with van der Waals surface area (Å²) in [5.41, 5.74) is 1.09. The molecule has 0 aliphatic heterocycles. The van der Waals surface area contributed by atoms with E-state index >= 15 is 0 Å². The van der Waals surface area contributed by atoms with Gasteiger partial charge in [-0.2, -0.15) is 0 Å². The zero-order valence-electron chi connectivity index (χ0n) is 7.62. The SMILES string of the molecule is [O-]N(O)c1ccc2nc(C(Cl)(Cl)Cl)[nH]c2c1. The van der Waals surface area contributed by atoms with Crippen molar-refractivity contribution in [3.05, 3.63) is 29.2 Å². The lowest BCUT2D eigenvalue weighted by atomic mass is 10.3. The van der Waals surface area contributed by atoms with Crippen LogP contribution in [-0.4, -0.2) is 15.2 Å². The Morgan fingerprint density at radius 2 is 2.06 bits per heavy atom. The van der Waals surface area contributed by atoms with E-state index in [2.05, 4.69) is 9.97 Å². The first-order chi connectivity index (χ1) is 7.38. The highest BCUT2D eigenvalue weighted by Gasteiger charge is 2.26. The van der Waals surface area contributed by atoms with Crippen molar-refractivity contribution in [3.8, 4) is 0 Å². The third-order valence-corrected chi connectivity index (χ3v) is 2.49. The summed E-state index contributed by atoms with van der Waals surface area (Å²) in [6.07, 6.45) is 0. The summed E-state index contributed by atoms with van der Waals surface area (Å²) in [4.78, 5) is 6.78. The molecule has 0 saturated heterocycles. The minimum atomic E-state index is -1.66. The Morgan fingerprint density at radius 1 is 1.38 bits per heavy atom. The number of hydrogen-bond donors (Lipinski definition) is 2. The molecule has 0 aliphatic carbocycles. The molecule has 2 aromatic rings. The third-order valence-electron chi connectivity index (χ3n) is 1.95. The second-order valence-corrected chi connectivity index (χ2v) is 5.34. The number of anilines is 1. The van der Waals surface area contributed by atoms with E-state index in [1.165, 1.54) is 18.2 Å². The number of rotatable bonds is 1. The molecule has 0 atom stereocenters. The maximum Gasteiger partial charge on any atom is 0.248 e. The first kappa shape index (κ1) is 11.8. The molecular weight excluding hydrogens is 276 g/mol. The van der Waals surface area contributed by atoms with E-state index in [0.717, 1.165) is 0 Å². The van der Waals surface area contributed by atoms with E-state index in [1.807, 2.05) is 0 Å². The van der Waals surface area contributed by atoms with Gasteiger partial charge >= 0.3 is 0 Å². The minimum Gasteiger partial charge on any atom is -0.733 e. The van der Waals surface area contributed by atoms with E-state index in [4.69, 9.17) is 40.0 Å². The van der Waals surface area contributed by atoms with Crippen LogP contribution in [0.4, 0.5) is 5.69 Å². The van der Waals surface area contributed by atoms with Crippen molar-refractivity contribution in [3.63, 3.8) is 0 Å². The molecule has 0 bridgehead atoms. The Bertz CT molecular complexity index is 521. The van der Waals surface area contributed by atoms with Crippen molar-refractivity contribution in [1.82, 2.24) is 9.97 Å². The van der Waals surface area contributed by atoms with E-state index in [9.17, 15) is 5.21 Å². The Morgan fingerprint density at radius 3 is 2.62 bits per heavy atom. The number of alkyl halides is 3. The van der Waals surface area contributed by atoms with Crippen molar-refractivity contribution < 1.29 is 5.21 Å². The van der Waals surface area contributed by atoms with Gasteiger partial charge in [-0.05, 0) is 18.2 Å². The number of aromatic amines is 1. The normalized spacial score (nSPS) is 12.1. The Hall–Kier alpha value is -0.720. The van der Waals surface area contributed by atoms with Gasteiger partial charge < -0.3 is 15.4 Å². The number of nitrogens with one attached hydrogen (secondary N) is 1. The van der Waals surface area contributed by atoms with Crippen LogP contribution in [0.5, 0.6) is 0 Å². The van der Waals surface area contributed by atoms with E-state index in [0.29, 0.717) is 11.0 Å². The predicted octanol–water partition coefficient (Wildman–Crippen LogP) is 3.08. The third kappa shape index (κ3) is 2.18. The average molecular weight is 282 g/mol. The minimum absolute atomic E-state index is 0.0621. The molecule has 0 saturated carbocycles. The molecule has 5 nitrogen and oxygen atoms in total. The number of H-pyrrole nitrogens is 1. The first-order valence-corrected chi connectivity index (χ1v) is 5.24. The Labute approximate surface area is 105 Å². The van der Waals surface area contributed by atoms with Gasteiger partial charge in [-0.25, -0.2) is 4.98 Å². The lowest BCUT2D eigenvalue weighted by Crippen LogP contribution is -2.06. The second kappa shape index (κ2) is 3.94. The molecule has 1 aromatic carbocycles. The Balaban J connectivity index is 2.54. The maximum atomic E-state index is 10.7. The summed E-state index contributed by atoms with van der Waals surface area (Å²) in [5.74, 6) is 0.153. The fraction of sp³-hybridized carbons (Fsp3) is 0.125. The molecular formula is C8H5Cl3N3O2-. The van der Waals surface area contributed by atoms with Crippen molar-refractivity contribution >= 4 is 51.5 Å². The maximum absolute atomic E-state index is 10.7. The van der Waals surface area contributed by atoms with Crippen LogP contribution >= 0.6 is 34.8 Å². The van der Waals surface area contributed by atoms with Gasteiger partial charge in [0.15, 0.2) is 5.82 Å². The number of fused-ring (bicyclic) bond motifs is 1. The molecule has 0 unspecified atom stereocenters. The summed E-state index contributed by atoms with van der Waals surface area (Å²) in [6, 6.07) is 4.33. The molecule has 86 valence electrons. The number of benzene rings is 1. The van der Waals surface area contributed by atoms with Crippen LogP contribution in [-0.2, 0) is 3.79 Å². The summed E-state index contributed by atoms with van der Waals surface area (Å²) in [5, 5.41) is 19.1. The fourth-order valence-electron chi connectivity index (χ4n) is 1.25. The lowest BCUT2D eigenvalue weighted by Gasteiger charge is -2.20. The van der Waals surface area contributed by atoms with E-state index < -0.39 is 3.79 Å². The highest BCUT2D eigenvalue weighted by molar-refractivity contribution is 6.66. The molecule has 8 heteroatoms. The van der Waals surface area contributed by atoms with Crippen LogP contribution < -0.4 is 5.23 Å². The standard InChI is InChI=1S/C8H5Cl3N3O2/c9-8(10,11)7-12-5-2-1-4(14(15)16)3-6(5)13-7/h1-3,15H,(H,12,13)/q-1. The van der Waals surface area contributed by atoms with Gasteiger partial charge in [0.25, 0.3) is 0 Å². The van der Waals surface area contributed by atoms with Gasteiger partial charge in [0.1, 0.15) is 0 Å². The number of aromatic nitrogens is 2. The second-order valence-electron chi connectivity index (χ2n) is 3.06. The largest absolute Gasteiger partial charge is 0.733 e. The molecule has 0 radical (unpaired) electrons. The molecule has 0 fully saturated rings. The van der Waals surface area contributed by atoms with E-state index in [-0.39, 0.29) is 16.7 Å². The van der Waals surface area contributed by atoms with Crippen LogP contribution in [0.25, 0.3) is 11.0 Å². The summed E-state index contributed by atoms with van der Waals surface area (Å²) in [6.45, 7) is 0. The van der Waals surface area contributed by atoms with E-state index in [1.54, 1.807) is 0 Å². The van der Waals surface area contributed by atoms with Crippen LogP contribution in [0.3, 0.4) is 0 Å². The molecule has 2 rings (SSSR count). The van der Waals surface area contributed by atoms with Gasteiger partial charge in [-0.3, -0.25) is 5.21 Å². The fourth-order valence-corrected chi connectivity index (χ4v) is 1.52. The van der Waals surface area contributed by atoms with Crippen molar-refractivity contribution in [2.45, 2.75) is 3.79 Å². The predicted molar refractivity (Wildman–Crippen MR) is 63.0 cm³/mol. The average Bonchev–Trinajstić information content (AvgIpc) is 2.58. The van der Waals surface area contributed by atoms with Crippen molar-refractivity contribution in [2.24, 2.45) is 0 Å². The first-order valence-electron chi connectivity index (χ1n) is 4.11. The van der Waals surface area contributed by atoms with Gasteiger partial charge in [-0.15, -0.1) is 0 Å². The van der Waals surface area contributed by atoms with Crippen LogP contribution in [0, 0.1) is 5.21 Å². The zero-order chi connectivity index (χ0) is 11.9. The molecule has 1 heterocycles. The summed E-state index contributed by atoms with van der Waals surface area (Å²) >= 11 is 16.9. The van der Waals surface area contributed by atoms with Crippen molar-refractivity contribution in [1.29, 1.82) is 0 Å². The number of hydrogen-bond acceptors (Lipinski definition) is 4. The number of halogens is 3. The smallest absolute Gasteiger partial charge is 0.248 e. The molecule has 0 amide bonds. The summed E-state index contributed by atoms with van der Waals surface area (Å²) in [7, 11) is 0. The van der Waals surface area contributed by atoms with Crippen LogP contribution in [0.15, 0.2) is 18.2 Å². The van der Waals surface area contributed by atoms with Gasteiger partial charge in [0, 0.05) is 0 Å².